The van der Waals surface area contributed by atoms with Crippen molar-refractivity contribution in [1.29, 1.82) is 0 Å². The fourth-order valence-corrected chi connectivity index (χ4v) is 5.27. The third-order valence-corrected chi connectivity index (χ3v) is 6.83. The fraction of sp³-hybridized carbons (Fsp3) is 1.00. The second-order valence-corrected chi connectivity index (χ2v) is 10.6. The first kappa shape index (κ1) is 21.0. The molecule has 0 aromatic carbocycles. The lowest BCUT2D eigenvalue weighted by molar-refractivity contribution is -0.0462. The molecule has 4 heteroatoms. The minimum Gasteiger partial charge on any atom is -0.359 e. The molecular weight excluding hydrogens is 308 g/mol. The van der Waals surface area contributed by atoms with E-state index in [4.69, 9.17) is 4.74 Å². The van der Waals surface area contributed by atoms with Gasteiger partial charge in [0.1, 0.15) is 5.94 Å². The molecule has 1 aliphatic rings. The summed E-state index contributed by atoms with van der Waals surface area (Å²) in [4.78, 5) is 0. The van der Waals surface area contributed by atoms with Gasteiger partial charge in [-0.1, -0.05) is 59.3 Å². The predicted molar refractivity (Wildman–Crippen MR) is 98.2 cm³/mol. The Morgan fingerprint density at radius 2 is 1.57 bits per heavy atom. The van der Waals surface area contributed by atoms with Crippen LogP contribution in [0.1, 0.15) is 86.0 Å². The van der Waals surface area contributed by atoms with E-state index in [-0.39, 0.29) is 23.2 Å². The summed E-state index contributed by atoms with van der Waals surface area (Å²) in [6, 6.07) is 0. The van der Waals surface area contributed by atoms with Crippen LogP contribution in [-0.2, 0) is 14.6 Å². The molecular formula is C19H38O3S. The summed E-state index contributed by atoms with van der Waals surface area (Å²) in [6.45, 7) is 10.4. The van der Waals surface area contributed by atoms with Crippen molar-refractivity contribution in [3.8, 4) is 0 Å². The number of hydrogen-bond donors (Lipinski definition) is 0. The molecule has 0 aromatic heterocycles. The first-order chi connectivity index (χ1) is 10.6. The molecule has 0 aromatic rings. The maximum Gasteiger partial charge on any atom is 0.174 e. The molecule has 23 heavy (non-hydrogen) atoms. The average molecular weight is 347 g/mol. The van der Waals surface area contributed by atoms with Crippen molar-refractivity contribution in [3.05, 3.63) is 0 Å². The SMILES string of the molecule is CC(C)CS(=O)(=O)COC(C)(C)C1CCCCCC(C)CCC1. The lowest BCUT2D eigenvalue weighted by Crippen LogP contribution is -2.37. The smallest absolute Gasteiger partial charge is 0.174 e. The summed E-state index contributed by atoms with van der Waals surface area (Å²) in [5, 5.41) is 0. The Bertz CT molecular complexity index is 426. The van der Waals surface area contributed by atoms with Gasteiger partial charge in [-0.2, -0.15) is 0 Å². The molecule has 0 radical (unpaired) electrons. The molecule has 1 rings (SSSR count). The van der Waals surface area contributed by atoms with Gasteiger partial charge in [0.25, 0.3) is 0 Å². The van der Waals surface area contributed by atoms with Crippen LogP contribution in [-0.4, -0.2) is 25.7 Å². The van der Waals surface area contributed by atoms with Gasteiger partial charge in [-0.25, -0.2) is 8.42 Å². The van der Waals surface area contributed by atoms with Crippen LogP contribution < -0.4 is 0 Å². The van der Waals surface area contributed by atoms with E-state index in [2.05, 4.69) is 20.8 Å². The second kappa shape index (κ2) is 9.41. The molecule has 2 unspecified atom stereocenters. The van der Waals surface area contributed by atoms with Gasteiger partial charge in [-0.05, 0) is 44.4 Å². The van der Waals surface area contributed by atoms with Crippen molar-refractivity contribution < 1.29 is 13.2 Å². The van der Waals surface area contributed by atoms with E-state index in [1.54, 1.807) is 0 Å². The zero-order chi connectivity index (χ0) is 17.5. The lowest BCUT2D eigenvalue weighted by atomic mass is 9.80. The first-order valence-corrected chi connectivity index (χ1v) is 11.3. The number of hydrogen-bond acceptors (Lipinski definition) is 3. The summed E-state index contributed by atoms with van der Waals surface area (Å²) < 4.78 is 30.2. The molecule has 0 amide bonds. The summed E-state index contributed by atoms with van der Waals surface area (Å²) in [5.41, 5.74) is -0.355. The monoisotopic (exact) mass is 346 g/mol. The van der Waals surface area contributed by atoms with Crippen LogP contribution in [0.15, 0.2) is 0 Å². The topological polar surface area (TPSA) is 43.4 Å². The Hall–Kier alpha value is -0.0900. The highest BCUT2D eigenvalue weighted by molar-refractivity contribution is 7.91. The van der Waals surface area contributed by atoms with E-state index in [9.17, 15) is 8.42 Å². The third kappa shape index (κ3) is 8.53. The maximum atomic E-state index is 12.1. The zero-order valence-corrected chi connectivity index (χ0v) is 16.8. The summed E-state index contributed by atoms with van der Waals surface area (Å²) in [7, 11) is -3.11. The molecule has 138 valence electrons. The van der Waals surface area contributed by atoms with Crippen molar-refractivity contribution >= 4 is 9.84 Å². The van der Waals surface area contributed by atoms with Gasteiger partial charge in [0.05, 0.1) is 11.4 Å². The van der Waals surface area contributed by atoms with Crippen LogP contribution in [0.2, 0.25) is 0 Å². The molecule has 2 atom stereocenters. The Kier molecular flexibility index (Phi) is 8.57. The first-order valence-electron chi connectivity index (χ1n) is 9.47. The molecule has 0 N–H and O–H groups in total. The molecule has 0 heterocycles. The number of ether oxygens (including phenoxy) is 1. The highest BCUT2D eigenvalue weighted by Crippen LogP contribution is 2.33. The Labute approximate surface area is 144 Å². The molecule has 1 saturated carbocycles. The van der Waals surface area contributed by atoms with Gasteiger partial charge in [0.2, 0.25) is 0 Å². The second-order valence-electron chi connectivity index (χ2n) is 8.54. The highest BCUT2D eigenvalue weighted by atomic mass is 32.2. The van der Waals surface area contributed by atoms with Crippen molar-refractivity contribution in [1.82, 2.24) is 0 Å². The van der Waals surface area contributed by atoms with Gasteiger partial charge < -0.3 is 4.74 Å². The van der Waals surface area contributed by atoms with Gasteiger partial charge in [0.15, 0.2) is 9.84 Å². The quantitative estimate of drug-likeness (QED) is 0.664. The zero-order valence-electron chi connectivity index (χ0n) is 15.9. The van der Waals surface area contributed by atoms with Gasteiger partial charge in [0, 0.05) is 0 Å². The van der Waals surface area contributed by atoms with Crippen LogP contribution in [0.3, 0.4) is 0 Å². The average Bonchev–Trinajstić information content (AvgIpc) is 2.42. The van der Waals surface area contributed by atoms with E-state index in [1.165, 1.54) is 38.5 Å². The van der Waals surface area contributed by atoms with E-state index in [0.717, 1.165) is 18.8 Å². The van der Waals surface area contributed by atoms with E-state index in [0.29, 0.717) is 5.92 Å². The van der Waals surface area contributed by atoms with E-state index < -0.39 is 9.84 Å². The minimum absolute atomic E-state index is 0.134. The summed E-state index contributed by atoms with van der Waals surface area (Å²) >= 11 is 0. The van der Waals surface area contributed by atoms with E-state index in [1.807, 2.05) is 13.8 Å². The maximum absolute atomic E-state index is 12.1. The number of rotatable bonds is 6. The lowest BCUT2D eigenvalue weighted by Gasteiger charge is -2.35. The van der Waals surface area contributed by atoms with Gasteiger partial charge in [-0.15, -0.1) is 0 Å². The molecule has 3 nitrogen and oxygen atoms in total. The standard InChI is InChI=1S/C19H38O3S/c1-16(2)14-23(20,21)15-22-19(4,5)18-12-8-6-7-10-17(3)11-9-13-18/h16-18H,6-15H2,1-5H3. The molecule has 1 fully saturated rings. The normalized spacial score (nSPS) is 25.5. The molecule has 0 aliphatic heterocycles. The van der Waals surface area contributed by atoms with Gasteiger partial charge in [-0.3, -0.25) is 0 Å². The van der Waals surface area contributed by atoms with Crippen LogP contribution in [0.4, 0.5) is 0 Å². The van der Waals surface area contributed by atoms with E-state index >= 15 is 0 Å². The van der Waals surface area contributed by atoms with Crippen LogP contribution in [0.25, 0.3) is 0 Å². The van der Waals surface area contributed by atoms with Crippen molar-refractivity contribution in [2.75, 3.05) is 11.7 Å². The molecule has 0 saturated heterocycles. The molecule has 1 aliphatic carbocycles. The minimum atomic E-state index is -3.11. The highest BCUT2D eigenvalue weighted by Gasteiger charge is 2.31. The van der Waals surface area contributed by atoms with Crippen molar-refractivity contribution in [3.63, 3.8) is 0 Å². The summed E-state index contributed by atoms with van der Waals surface area (Å²) in [6.07, 6.45) is 10.1. The molecule has 0 bridgehead atoms. The predicted octanol–water partition coefficient (Wildman–Crippen LogP) is 5.20. The van der Waals surface area contributed by atoms with Crippen LogP contribution in [0.5, 0.6) is 0 Å². The van der Waals surface area contributed by atoms with Crippen molar-refractivity contribution in [2.45, 2.75) is 91.6 Å². The third-order valence-electron chi connectivity index (χ3n) is 5.18. The van der Waals surface area contributed by atoms with Crippen molar-refractivity contribution in [2.24, 2.45) is 17.8 Å². The molecule has 0 spiro atoms. The number of sulfone groups is 1. The largest absolute Gasteiger partial charge is 0.359 e. The van der Waals surface area contributed by atoms with Crippen LogP contribution in [0, 0.1) is 17.8 Å². The van der Waals surface area contributed by atoms with Gasteiger partial charge >= 0.3 is 0 Å². The Morgan fingerprint density at radius 1 is 1.00 bits per heavy atom. The fourth-order valence-electron chi connectivity index (χ4n) is 3.67. The Morgan fingerprint density at radius 3 is 2.22 bits per heavy atom. The Balaban J connectivity index is 2.60. The summed E-state index contributed by atoms with van der Waals surface area (Å²) in [5.74, 6) is 1.52. The van der Waals surface area contributed by atoms with Crippen LogP contribution >= 0.6 is 0 Å².